The van der Waals surface area contributed by atoms with E-state index in [1.165, 1.54) is 0 Å². The molecular weight excluding hydrogens is 334 g/mol. The second-order valence-corrected chi connectivity index (χ2v) is 5.73. The van der Waals surface area contributed by atoms with Gasteiger partial charge in [-0.1, -0.05) is 28.1 Å². The van der Waals surface area contributed by atoms with Gasteiger partial charge in [0.2, 0.25) is 0 Å². The van der Waals surface area contributed by atoms with Crippen molar-refractivity contribution in [3.63, 3.8) is 0 Å². The molecule has 0 spiro atoms. The van der Waals surface area contributed by atoms with Crippen LogP contribution < -0.4 is 5.32 Å². The second-order valence-electron chi connectivity index (χ2n) is 4.81. The van der Waals surface area contributed by atoms with Crippen molar-refractivity contribution in [2.45, 2.75) is 19.6 Å². The van der Waals surface area contributed by atoms with Crippen LogP contribution in [0.4, 0.5) is 0 Å². The van der Waals surface area contributed by atoms with Crippen molar-refractivity contribution in [1.29, 1.82) is 0 Å². The topological polar surface area (TPSA) is 64.1 Å². The number of aromatic nitrogens is 2. The number of hydrogen-bond acceptors (Lipinski definition) is 4. The maximum absolute atomic E-state index is 12.1. The molecule has 2 heterocycles. The molecule has 2 aromatic rings. The van der Waals surface area contributed by atoms with Crippen LogP contribution in [-0.4, -0.2) is 22.7 Å². The van der Waals surface area contributed by atoms with Gasteiger partial charge in [0.25, 0.3) is 5.91 Å². The van der Waals surface area contributed by atoms with Gasteiger partial charge >= 0.3 is 0 Å². The van der Waals surface area contributed by atoms with Gasteiger partial charge in [0.1, 0.15) is 0 Å². The van der Waals surface area contributed by atoms with E-state index in [2.05, 4.69) is 31.4 Å². The van der Waals surface area contributed by atoms with E-state index in [1.807, 2.05) is 24.3 Å². The van der Waals surface area contributed by atoms with E-state index in [1.54, 1.807) is 6.07 Å². The zero-order valence-electron chi connectivity index (χ0n) is 11.3. The molecule has 0 aliphatic carbocycles. The van der Waals surface area contributed by atoms with Crippen molar-refractivity contribution in [3.05, 3.63) is 57.3 Å². The van der Waals surface area contributed by atoms with Gasteiger partial charge in [-0.2, -0.15) is 5.10 Å². The Kier molecular flexibility index (Phi) is 4.26. The van der Waals surface area contributed by atoms with Gasteiger partial charge in [0.05, 0.1) is 18.9 Å². The lowest BCUT2D eigenvalue weighted by molar-refractivity contribution is 0.0940. The molecular formula is C15H14BrN3O2. The molecule has 0 radical (unpaired) electrons. The molecule has 5 nitrogen and oxygen atoms in total. The van der Waals surface area contributed by atoms with E-state index in [9.17, 15) is 4.79 Å². The Hall–Kier alpha value is -1.79. The third kappa shape index (κ3) is 3.46. The molecule has 1 aliphatic heterocycles. The average Bonchev–Trinajstić information content (AvgIpc) is 2.53. The minimum atomic E-state index is -0.223. The molecule has 1 aromatic heterocycles. The molecule has 3 rings (SSSR count). The van der Waals surface area contributed by atoms with Gasteiger partial charge in [-0.05, 0) is 23.8 Å². The highest BCUT2D eigenvalue weighted by Gasteiger charge is 2.15. The van der Waals surface area contributed by atoms with Crippen LogP contribution in [0.3, 0.4) is 0 Å². The molecule has 1 N–H and O–H groups in total. The van der Waals surface area contributed by atoms with E-state index in [0.29, 0.717) is 25.5 Å². The van der Waals surface area contributed by atoms with Crippen LogP contribution >= 0.6 is 15.9 Å². The lowest BCUT2D eigenvalue weighted by atomic mass is 10.1. The first-order valence-corrected chi connectivity index (χ1v) is 7.47. The van der Waals surface area contributed by atoms with Crippen molar-refractivity contribution in [2.24, 2.45) is 0 Å². The fraction of sp³-hybridized carbons (Fsp3) is 0.267. The number of ether oxygens (including phenoxy) is 1. The Balaban J connectivity index is 1.66. The summed E-state index contributed by atoms with van der Waals surface area (Å²) < 4.78 is 6.38. The number of amides is 1. The first-order valence-electron chi connectivity index (χ1n) is 6.68. The summed E-state index contributed by atoms with van der Waals surface area (Å²) in [5.41, 5.74) is 3.23. The summed E-state index contributed by atoms with van der Waals surface area (Å²) >= 11 is 3.38. The van der Waals surface area contributed by atoms with Gasteiger partial charge in [-0.3, -0.25) is 4.79 Å². The van der Waals surface area contributed by atoms with Crippen LogP contribution in [0, 0.1) is 0 Å². The van der Waals surface area contributed by atoms with Gasteiger partial charge in [-0.25, -0.2) is 0 Å². The predicted molar refractivity (Wildman–Crippen MR) is 80.7 cm³/mol. The molecule has 0 fully saturated rings. The van der Waals surface area contributed by atoms with E-state index in [4.69, 9.17) is 4.74 Å². The fourth-order valence-electron chi connectivity index (χ4n) is 2.13. The van der Waals surface area contributed by atoms with Crippen molar-refractivity contribution in [2.75, 3.05) is 6.61 Å². The maximum atomic E-state index is 12.1. The van der Waals surface area contributed by atoms with Crippen LogP contribution in [0.15, 0.2) is 34.8 Å². The van der Waals surface area contributed by atoms with Crippen molar-refractivity contribution >= 4 is 21.8 Å². The van der Waals surface area contributed by atoms with E-state index in [-0.39, 0.29) is 5.91 Å². The molecule has 0 saturated heterocycles. The molecule has 21 heavy (non-hydrogen) atoms. The van der Waals surface area contributed by atoms with Crippen LogP contribution in [-0.2, 0) is 24.3 Å². The Bertz CT molecular complexity index is 658. The predicted octanol–water partition coefficient (Wildman–Crippen LogP) is 2.24. The third-order valence-corrected chi connectivity index (χ3v) is 3.83. The number of carbonyl (C=O) groups is 1. The lowest BCUT2D eigenvalue weighted by Crippen LogP contribution is -2.25. The summed E-state index contributed by atoms with van der Waals surface area (Å²) in [7, 11) is 0. The minimum absolute atomic E-state index is 0.223. The Labute approximate surface area is 130 Å². The van der Waals surface area contributed by atoms with Gasteiger partial charge in [0, 0.05) is 23.0 Å². The quantitative estimate of drug-likeness (QED) is 0.924. The highest BCUT2D eigenvalue weighted by atomic mass is 79.9. The third-order valence-electron chi connectivity index (χ3n) is 3.30. The van der Waals surface area contributed by atoms with Gasteiger partial charge in [-0.15, -0.1) is 5.10 Å². The number of carbonyl (C=O) groups excluding carboxylic acids is 1. The van der Waals surface area contributed by atoms with Crippen molar-refractivity contribution < 1.29 is 9.53 Å². The number of benzene rings is 1. The Morgan fingerprint density at radius 1 is 1.29 bits per heavy atom. The molecule has 0 unspecified atom stereocenters. The SMILES string of the molecule is O=C(NCc1ccc(Br)cc1)c1cc2c(nn1)CCOC2. The Morgan fingerprint density at radius 2 is 2.10 bits per heavy atom. The van der Waals surface area contributed by atoms with Crippen molar-refractivity contribution in [1.82, 2.24) is 15.5 Å². The largest absolute Gasteiger partial charge is 0.376 e. The number of nitrogens with zero attached hydrogens (tertiary/aromatic N) is 2. The smallest absolute Gasteiger partial charge is 0.272 e. The summed E-state index contributed by atoms with van der Waals surface area (Å²) in [5.74, 6) is -0.223. The van der Waals surface area contributed by atoms with Gasteiger partial charge < -0.3 is 10.1 Å². The van der Waals surface area contributed by atoms with Crippen LogP contribution in [0.5, 0.6) is 0 Å². The highest BCUT2D eigenvalue weighted by Crippen LogP contribution is 2.14. The first-order chi connectivity index (χ1) is 10.2. The van der Waals surface area contributed by atoms with E-state index < -0.39 is 0 Å². The van der Waals surface area contributed by atoms with Crippen LogP contribution in [0.1, 0.15) is 27.3 Å². The number of halogens is 1. The summed E-state index contributed by atoms with van der Waals surface area (Å²) in [5, 5.41) is 10.9. The van der Waals surface area contributed by atoms with Gasteiger partial charge in [0.15, 0.2) is 5.69 Å². The second kappa shape index (κ2) is 6.32. The van der Waals surface area contributed by atoms with Crippen LogP contribution in [0.25, 0.3) is 0 Å². The standard InChI is InChI=1S/C15H14BrN3O2/c16-12-3-1-10(2-4-12)8-17-15(20)14-7-11-9-21-6-5-13(11)18-19-14/h1-4,7H,5-6,8-9H2,(H,17,20). The molecule has 108 valence electrons. The maximum Gasteiger partial charge on any atom is 0.272 e. The first kappa shape index (κ1) is 14.2. The molecule has 1 aromatic carbocycles. The summed E-state index contributed by atoms with van der Waals surface area (Å²) in [4.78, 5) is 12.1. The number of rotatable bonds is 3. The molecule has 1 amide bonds. The van der Waals surface area contributed by atoms with E-state index in [0.717, 1.165) is 27.7 Å². The molecule has 0 saturated carbocycles. The van der Waals surface area contributed by atoms with Crippen molar-refractivity contribution in [3.8, 4) is 0 Å². The normalized spacial score (nSPS) is 13.6. The monoisotopic (exact) mass is 347 g/mol. The minimum Gasteiger partial charge on any atom is -0.376 e. The Morgan fingerprint density at radius 3 is 2.90 bits per heavy atom. The number of fused-ring (bicyclic) bond motifs is 1. The molecule has 0 bridgehead atoms. The van der Waals surface area contributed by atoms with Crippen LogP contribution in [0.2, 0.25) is 0 Å². The summed E-state index contributed by atoms with van der Waals surface area (Å²) in [6.07, 6.45) is 0.753. The average molecular weight is 348 g/mol. The molecule has 6 heteroatoms. The van der Waals surface area contributed by atoms with E-state index >= 15 is 0 Å². The zero-order chi connectivity index (χ0) is 14.7. The molecule has 0 atom stereocenters. The summed E-state index contributed by atoms with van der Waals surface area (Å²) in [6.45, 7) is 1.62. The number of nitrogens with one attached hydrogen (secondary N) is 1. The summed E-state index contributed by atoms with van der Waals surface area (Å²) in [6, 6.07) is 9.56. The zero-order valence-corrected chi connectivity index (χ0v) is 12.9. The fourth-order valence-corrected chi connectivity index (χ4v) is 2.39. The highest BCUT2D eigenvalue weighted by molar-refractivity contribution is 9.10. The molecule has 1 aliphatic rings. The number of hydrogen-bond donors (Lipinski definition) is 1. The lowest BCUT2D eigenvalue weighted by Gasteiger charge is -2.15.